The lowest BCUT2D eigenvalue weighted by Gasteiger charge is -2.17. The maximum Gasteiger partial charge on any atom is 0.0893 e. The van der Waals surface area contributed by atoms with Gasteiger partial charge in [-0.1, -0.05) is 87.9 Å². The Hall–Kier alpha value is -1.35. The van der Waals surface area contributed by atoms with Crippen LogP contribution in [0.2, 0.25) is 0 Å². The highest BCUT2D eigenvalue weighted by atomic mass is 16.4. The molecule has 0 aliphatic carbocycles. The summed E-state index contributed by atoms with van der Waals surface area (Å²) >= 11 is 0. The molecule has 1 aromatic carbocycles. The van der Waals surface area contributed by atoms with Crippen LogP contribution in [0, 0.1) is 5.92 Å². The zero-order valence-corrected chi connectivity index (χ0v) is 14.0. The van der Waals surface area contributed by atoms with E-state index in [1.165, 1.54) is 32.1 Å². The van der Waals surface area contributed by atoms with Crippen molar-refractivity contribution in [3.05, 3.63) is 35.9 Å². The molecule has 1 aromatic rings. The van der Waals surface area contributed by atoms with E-state index in [2.05, 4.69) is 19.0 Å². The van der Waals surface area contributed by atoms with Gasteiger partial charge in [0, 0.05) is 6.42 Å². The Labute approximate surface area is 135 Å². The first kappa shape index (κ1) is 18.7. The average molecular weight is 305 g/mol. The van der Waals surface area contributed by atoms with Crippen LogP contribution in [-0.2, 0) is 0 Å². The Kier molecular flexibility index (Phi) is 9.56. The second-order valence-corrected chi connectivity index (χ2v) is 6.31. The summed E-state index contributed by atoms with van der Waals surface area (Å²) in [6.45, 7) is 4.42. The minimum atomic E-state index is -0.447. The SMILES string of the molecule is CCCCCCCC(C)CC(O)CC(=NO)c1ccccc1. The van der Waals surface area contributed by atoms with Crippen molar-refractivity contribution < 1.29 is 10.3 Å². The molecule has 0 heterocycles. The predicted molar refractivity (Wildman–Crippen MR) is 92.5 cm³/mol. The first-order valence-corrected chi connectivity index (χ1v) is 8.61. The van der Waals surface area contributed by atoms with E-state index in [9.17, 15) is 5.11 Å². The molecule has 0 amide bonds. The standard InChI is InChI=1S/C19H31NO2/c1-3-4-5-6-8-11-16(2)14-18(21)15-19(20-22)17-12-9-7-10-13-17/h7,9-10,12-13,16,18,21-22H,3-6,8,11,14-15H2,1-2H3. The van der Waals surface area contributed by atoms with Crippen molar-refractivity contribution in [2.75, 3.05) is 0 Å². The van der Waals surface area contributed by atoms with Crippen molar-refractivity contribution >= 4 is 5.71 Å². The molecule has 124 valence electrons. The van der Waals surface area contributed by atoms with Crippen LogP contribution in [0.4, 0.5) is 0 Å². The lowest BCUT2D eigenvalue weighted by molar-refractivity contribution is 0.148. The number of unbranched alkanes of at least 4 members (excludes halogenated alkanes) is 4. The number of hydrogen-bond acceptors (Lipinski definition) is 3. The van der Waals surface area contributed by atoms with Gasteiger partial charge in [-0.15, -0.1) is 0 Å². The lowest BCUT2D eigenvalue weighted by Crippen LogP contribution is -2.17. The van der Waals surface area contributed by atoms with Gasteiger partial charge < -0.3 is 10.3 Å². The Morgan fingerprint density at radius 3 is 2.41 bits per heavy atom. The number of nitrogens with zero attached hydrogens (tertiary/aromatic N) is 1. The topological polar surface area (TPSA) is 52.8 Å². The largest absolute Gasteiger partial charge is 0.411 e. The fraction of sp³-hybridized carbons (Fsp3) is 0.632. The summed E-state index contributed by atoms with van der Waals surface area (Å²) in [5.41, 5.74) is 1.43. The molecule has 0 saturated carbocycles. The van der Waals surface area contributed by atoms with E-state index in [1.807, 2.05) is 30.3 Å². The quantitative estimate of drug-likeness (QED) is 0.261. The van der Waals surface area contributed by atoms with Gasteiger partial charge in [0.2, 0.25) is 0 Å². The van der Waals surface area contributed by atoms with Gasteiger partial charge in [0.05, 0.1) is 11.8 Å². The number of oxime groups is 1. The van der Waals surface area contributed by atoms with Crippen LogP contribution in [0.15, 0.2) is 35.5 Å². The van der Waals surface area contributed by atoms with Crippen molar-refractivity contribution in [1.29, 1.82) is 0 Å². The number of aliphatic hydroxyl groups excluding tert-OH is 1. The zero-order valence-electron chi connectivity index (χ0n) is 14.0. The number of hydrogen-bond donors (Lipinski definition) is 2. The van der Waals surface area contributed by atoms with Crippen LogP contribution in [0.1, 0.15) is 70.8 Å². The highest BCUT2D eigenvalue weighted by Crippen LogP contribution is 2.18. The first-order valence-electron chi connectivity index (χ1n) is 8.61. The van der Waals surface area contributed by atoms with E-state index in [-0.39, 0.29) is 0 Å². The van der Waals surface area contributed by atoms with E-state index in [4.69, 9.17) is 5.21 Å². The van der Waals surface area contributed by atoms with Crippen LogP contribution >= 0.6 is 0 Å². The first-order chi connectivity index (χ1) is 10.7. The molecule has 3 heteroatoms. The molecular formula is C19H31NO2. The molecule has 3 nitrogen and oxygen atoms in total. The van der Waals surface area contributed by atoms with Gasteiger partial charge in [-0.25, -0.2) is 0 Å². The molecule has 0 aliphatic heterocycles. The minimum Gasteiger partial charge on any atom is -0.411 e. The molecule has 22 heavy (non-hydrogen) atoms. The Balaban J connectivity index is 2.30. The Morgan fingerprint density at radius 2 is 1.77 bits per heavy atom. The fourth-order valence-electron chi connectivity index (χ4n) is 2.83. The van der Waals surface area contributed by atoms with Gasteiger partial charge in [0.25, 0.3) is 0 Å². The number of benzene rings is 1. The van der Waals surface area contributed by atoms with Crippen LogP contribution in [0.5, 0.6) is 0 Å². The summed E-state index contributed by atoms with van der Waals surface area (Å²) in [6.07, 6.45) is 8.34. The molecule has 0 aliphatic rings. The van der Waals surface area contributed by atoms with Crippen molar-refractivity contribution in [1.82, 2.24) is 0 Å². The summed E-state index contributed by atoms with van der Waals surface area (Å²) in [6, 6.07) is 9.55. The highest BCUT2D eigenvalue weighted by molar-refractivity contribution is 6.00. The van der Waals surface area contributed by atoms with Gasteiger partial charge in [-0.2, -0.15) is 0 Å². The third kappa shape index (κ3) is 7.60. The van der Waals surface area contributed by atoms with Gasteiger partial charge in [-0.05, 0) is 17.9 Å². The van der Waals surface area contributed by atoms with Gasteiger partial charge >= 0.3 is 0 Å². The molecule has 1 rings (SSSR count). The molecule has 0 bridgehead atoms. The van der Waals surface area contributed by atoms with Crippen molar-refractivity contribution in [3.63, 3.8) is 0 Å². The van der Waals surface area contributed by atoms with Crippen LogP contribution in [-0.4, -0.2) is 22.1 Å². The predicted octanol–water partition coefficient (Wildman–Crippen LogP) is 5.00. The average Bonchev–Trinajstić information content (AvgIpc) is 2.53. The molecule has 0 spiro atoms. The highest BCUT2D eigenvalue weighted by Gasteiger charge is 2.14. The van der Waals surface area contributed by atoms with E-state index in [1.54, 1.807) is 0 Å². The monoisotopic (exact) mass is 305 g/mol. The van der Waals surface area contributed by atoms with Gasteiger partial charge in [0.1, 0.15) is 0 Å². The van der Waals surface area contributed by atoms with Crippen LogP contribution in [0.25, 0.3) is 0 Å². The molecule has 2 atom stereocenters. The maximum absolute atomic E-state index is 10.2. The molecule has 0 fully saturated rings. The van der Waals surface area contributed by atoms with Gasteiger partial charge in [-0.3, -0.25) is 0 Å². The molecule has 0 radical (unpaired) electrons. The van der Waals surface area contributed by atoms with Gasteiger partial charge in [0.15, 0.2) is 0 Å². The summed E-state index contributed by atoms with van der Waals surface area (Å²) in [7, 11) is 0. The van der Waals surface area contributed by atoms with E-state index >= 15 is 0 Å². The Morgan fingerprint density at radius 1 is 1.09 bits per heavy atom. The van der Waals surface area contributed by atoms with Crippen LogP contribution < -0.4 is 0 Å². The molecule has 0 aromatic heterocycles. The van der Waals surface area contributed by atoms with Crippen molar-refractivity contribution in [2.24, 2.45) is 11.1 Å². The summed E-state index contributed by atoms with van der Waals surface area (Å²) < 4.78 is 0. The van der Waals surface area contributed by atoms with Crippen molar-refractivity contribution in [3.8, 4) is 0 Å². The molecule has 0 saturated heterocycles. The number of aliphatic hydroxyl groups is 1. The number of rotatable bonds is 11. The molecular weight excluding hydrogens is 274 g/mol. The summed E-state index contributed by atoms with van der Waals surface area (Å²) in [5, 5.41) is 22.8. The van der Waals surface area contributed by atoms with E-state index in [0.29, 0.717) is 18.1 Å². The lowest BCUT2D eigenvalue weighted by atomic mass is 9.93. The minimum absolute atomic E-state index is 0.403. The third-order valence-corrected chi connectivity index (χ3v) is 4.13. The summed E-state index contributed by atoms with van der Waals surface area (Å²) in [4.78, 5) is 0. The van der Waals surface area contributed by atoms with Crippen molar-refractivity contribution in [2.45, 2.75) is 71.3 Å². The third-order valence-electron chi connectivity index (χ3n) is 4.13. The maximum atomic E-state index is 10.2. The summed E-state index contributed by atoms with van der Waals surface area (Å²) in [5.74, 6) is 0.507. The van der Waals surface area contributed by atoms with Crippen LogP contribution in [0.3, 0.4) is 0 Å². The Bertz CT molecular complexity index is 417. The van der Waals surface area contributed by atoms with E-state index in [0.717, 1.165) is 18.4 Å². The zero-order chi connectivity index (χ0) is 16.2. The second-order valence-electron chi connectivity index (χ2n) is 6.31. The fourth-order valence-corrected chi connectivity index (χ4v) is 2.83. The normalized spacial score (nSPS) is 14.8. The molecule has 2 unspecified atom stereocenters. The molecule has 2 N–H and O–H groups in total. The smallest absolute Gasteiger partial charge is 0.0893 e. The second kappa shape index (κ2) is 11.2. The van der Waals surface area contributed by atoms with E-state index < -0.39 is 6.10 Å².